The molecule has 0 saturated carbocycles. The van der Waals surface area contributed by atoms with E-state index in [9.17, 15) is 9.90 Å². The zero-order chi connectivity index (χ0) is 11.1. The van der Waals surface area contributed by atoms with Gasteiger partial charge in [-0.15, -0.1) is 0 Å². The van der Waals surface area contributed by atoms with E-state index >= 15 is 0 Å². The number of aliphatic carboxylic acids is 1. The summed E-state index contributed by atoms with van der Waals surface area (Å²) in [7, 11) is 0. The second-order valence-electron chi connectivity index (χ2n) is 4.09. The molecule has 0 spiro atoms. The number of carboxylic acids is 1. The summed E-state index contributed by atoms with van der Waals surface area (Å²) in [6, 6.07) is 3.89. The molecule has 4 heteroatoms. The van der Waals surface area contributed by atoms with Crippen LogP contribution in [0.3, 0.4) is 0 Å². The molecule has 0 radical (unpaired) electrons. The van der Waals surface area contributed by atoms with Crippen molar-refractivity contribution in [2.24, 2.45) is 0 Å². The highest BCUT2D eigenvalue weighted by molar-refractivity contribution is 5.77. The van der Waals surface area contributed by atoms with Gasteiger partial charge < -0.3 is 14.4 Å². The Kier molecular flexibility index (Phi) is 2.31. The molecule has 0 aliphatic carbocycles. The van der Waals surface area contributed by atoms with Crippen molar-refractivity contribution in [1.82, 2.24) is 4.57 Å². The van der Waals surface area contributed by atoms with Gasteiger partial charge in [-0.25, -0.2) is 4.79 Å². The van der Waals surface area contributed by atoms with Crippen molar-refractivity contribution in [1.29, 1.82) is 0 Å². The van der Waals surface area contributed by atoms with Crippen LogP contribution in [0.5, 0.6) is 0 Å². The molecule has 82 valence electrons. The molecule has 1 fully saturated rings. The lowest BCUT2D eigenvalue weighted by atomic mass is 9.98. The number of hydrogen-bond donors (Lipinski definition) is 1. The van der Waals surface area contributed by atoms with Gasteiger partial charge in [-0.05, 0) is 26.0 Å². The predicted molar refractivity (Wildman–Crippen MR) is 55.0 cm³/mol. The maximum absolute atomic E-state index is 11.4. The van der Waals surface area contributed by atoms with Gasteiger partial charge in [0.05, 0.1) is 6.61 Å². The van der Waals surface area contributed by atoms with Crippen molar-refractivity contribution in [3.05, 3.63) is 23.5 Å². The average Bonchev–Trinajstić information content (AvgIpc) is 2.74. The second-order valence-corrected chi connectivity index (χ2v) is 4.09. The van der Waals surface area contributed by atoms with Gasteiger partial charge >= 0.3 is 5.97 Å². The van der Waals surface area contributed by atoms with E-state index in [0.29, 0.717) is 13.0 Å². The third kappa shape index (κ3) is 1.36. The molecule has 1 aliphatic rings. The van der Waals surface area contributed by atoms with E-state index in [1.54, 1.807) is 0 Å². The molecule has 2 heterocycles. The number of rotatable bonds is 2. The topological polar surface area (TPSA) is 51.5 Å². The third-order valence-electron chi connectivity index (χ3n) is 3.10. The minimum Gasteiger partial charge on any atom is -0.479 e. The van der Waals surface area contributed by atoms with Crippen LogP contribution < -0.4 is 0 Å². The molecule has 1 saturated heterocycles. The van der Waals surface area contributed by atoms with E-state index in [4.69, 9.17) is 4.74 Å². The first-order chi connectivity index (χ1) is 7.08. The molecule has 0 aromatic carbocycles. The van der Waals surface area contributed by atoms with E-state index in [0.717, 1.165) is 11.4 Å². The quantitative estimate of drug-likeness (QED) is 0.798. The van der Waals surface area contributed by atoms with Gasteiger partial charge in [-0.3, -0.25) is 0 Å². The fourth-order valence-electron chi connectivity index (χ4n) is 2.34. The van der Waals surface area contributed by atoms with Crippen LogP contribution in [0.2, 0.25) is 0 Å². The molecule has 0 amide bonds. The van der Waals surface area contributed by atoms with Crippen LogP contribution in [0.15, 0.2) is 12.1 Å². The van der Waals surface area contributed by atoms with Crippen LogP contribution in [0, 0.1) is 13.8 Å². The van der Waals surface area contributed by atoms with Crippen LogP contribution in [0.25, 0.3) is 0 Å². The van der Waals surface area contributed by atoms with Gasteiger partial charge in [0.15, 0.2) is 5.54 Å². The first kappa shape index (κ1) is 10.2. The fourth-order valence-corrected chi connectivity index (χ4v) is 2.34. The maximum Gasteiger partial charge on any atom is 0.332 e. The Morgan fingerprint density at radius 2 is 2.07 bits per heavy atom. The molecular formula is C11H15NO3. The van der Waals surface area contributed by atoms with Crippen molar-refractivity contribution in [3.63, 3.8) is 0 Å². The van der Waals surface area contributed by atoms with Crippen molar-refractivity contribution in [2.75, 3.05) is 13.2 Å². The summed E-state index contributed by atoms with van der Waals surface area (Å²) >= 11 is 0. The molecule has 15 heavy (non-hydrogen) atoms. The van der Waals surface area contributed by atoms with Crippen LogP contribution in [-0.4, -0.2) is 28.9 Å². The summed E-state index contributed by atoms with van der Waals surface area (Å²) in [5.74, 6) is -0.803. The summed E-state index contributed by atoms with van der Waals surface area (Å²) in [5.41, 5.74) is 1.05. The number of carboxylic acid groups (broad SMARTS) is 1. The van der Waals surface area contributed by atoms with E-state index in [1.165, 1.54) is 0 Å². The summed E-state index contributed by atoms with van der Waals surface area (Å²) in [5, 5.41) is 9.38. The lowest BCUT2D eigenvalue weighted by molar-refractivity contribution is -0.147. The van der Waals surface area contributed by atoms with Crippen molar-refractivity contribution in [3.8, 4) is 0 Å². The number of aromatic nitrogens is 1. The number of ether oxygens (including phenoxy) is 1. The fraction of sp³-hybridized carbons (Fsp3) is 0.545. The molecule has 1 aliphatic heterocycles. The van der Waals surface area contributed by atoms with Crippen LogP contribution in [0.1, 0.15) is 17.8 Å². The van der Waals surface area contributed by atoms with Crippen molar-refractivity contribution >= 4 is 5.97 Å². The van der Waals surface area contributed by atoms with Gasteiger partial charge in [-0.2, -0.15) is 0 Å². The Labute approximate surface area is 88.5 Å². The smallest absolute Gasteiger partial charge is 0.332 e. The first-order valence-electron chi connectivity index (χ1n) is 5.04. The number of nitrogens with zero attached hydrogens (tertiary/aromatic N) is 1. The van der Waals surface area contributed by atoms with Crippen molar-refractivity contribution < 1.29 is 14.6 Å². The first-order valence-corrected chi connectivity index (χ1v) is 5.04. The lowest BCUT2D eigenvalue weighted by Crippen LogP contribution is -2.43. The molecule has 1 aromatic heterocycles. The minimum atomic E-state index is -0.891. The highest BCUT2D eigenvalue weighted by Crippen LogP contribution is 2.31. The summed E-state index contributed by atoms with van der Waals surface area (Å²) in [4.78, 5) is 11.4. The van der Waals surface area contributed by atoms with Crippen molar-refractivity contribution in [2.45, 2.75) is 25.8 Å². The van der Waals surface area contributed by atoms with Gasteiger partial charge in [0, 0.05) is 24.4 Å². The SMILES string of the molecule is Cc1ccc(C)n1C1(C(=O)O)CCOC1. The summed E-state index contributed by atoms with van der Waals surface area (Å²) in [6.45, 7) is 4.63. The van der Waals surface area contributed by atoms with Crippen LogP contribution in [-0.2, 0) is 15.1 Å². The highest BCUT2D eigenvalue weighted by atomic mass is 16.5. The Morgan fingerprint density at radius 3 is 2.47 bits per heavy atom. The van der Waals surface area contributed by atoms with E-state index in [1.807, 2.05) is 30.5 Å². The highest BCUT2D eigenvalue weighted by Gasteiger charge is 2.45. The van der Waals surface area contributed by atoms with Gasteiger partial charge in [0.2, 0.25) is 0 Å². The maximum atomic E-state index is 11.4. The molecule has 4 nitrogen and oxygen atoms in total. The molecule has 1 aromatic rings. The summed E-state index contributed by atoms with van der Waals surface area (Å²) < 4.78 is 7.13. The Balaban J connectivity index is 2.54. The normalized spacial score (nSPS) is 25.7. The van der Waals surface area contributed by atoms with Crippen LogP contribution in [0.4, 0.5) is 0 Å². The Bertz CT molecular complexity index is 369. The molecule has 1 N–H and O–H groups in total. The van der Waals surface area contributed by atoms with Gasteiger partial charge in [0.1, 0.15) is 0 Å². The van der Waals surface area contributed by atoms with Crippen LogP contribution >= 0.6 is 0 Å². The Morgan fingerprint density at radius 1 is 1.47 bits per heavy atom. The van der Waals surface area contributed by atoms with E-state index < -0.39 is 11.5 Å². The standard InChI is InChI=1S/C11H15NO3/c1-8-3-4-9(2)12(8)11(10(13)14)5-6-15-7-11/h3-4H,5-7H2,1-2H3,(H,13,14). The largest absolute Gasteiger partial charge is 0.479 e. The van der Waals surface area contributed by atoms with Gasteiger partial charge in [0.25, 0.3) is 0 Å². The minimum absolute atomic E-state index is 0.263. The average molecular weight is 209 g/mol. The van der Waals surface area contributed by atoms with Gasteiger partial charge in [-0.1, -0.05) is 0 Å². The summed E-state index contributed by atoms with van der Waals surface area (Å²) in [6.07, 6.45) is 0.540. The molecule has 2 rings (SSSR count). The Hall–Kier alpha value is -1.29. The number of hydrogen-bond acceptors (Lipinski definition) is 2. The molecule has 1 unspecified atom stereocenters. The predicted octanol–water partition coefficient (Wildman–Crippen LogP) is 1.31. The molecule has 1 atom stereocenters. The van der Waals surface area contributed by atoms with E-state index in [-0.39, 0.29) is 6.61 Å². The van der Waals surface area contributed by atoms with E-state index in [2.05, 4.69) is 0 Å². The zero-order valence-electron chi connectivity index (χ0n) is 8.99. The molecule has 0 bridgehead atoms. The number of carbonyl (C=O) groups is 1. The molecular weight excluding hydrogens is 194 g/mol. The lowest BCUT2D eigenvalue weighted by Gasteiger charge is -2.27. The number of aryl methyl sites for hydroxylation is 2. The zero-order valence-corrected chi connectivity index (χ0v) is 8.99. The third-order valence-corrected chi connectivity index (χ3v) is 3.10. The second kappa shape index (κ2) is 3.38. The monoisotopic (exact) mass is 209 g/mol.